The predicted octanol–water partition coefficient (Wildman–Crippen LogP) is 3.02. The molecule has 2 aromatic carbocycles. The molecular formula is C17H14N4O. The van der Waals surface area contributed by atoms with Gasteiger partial charge in [-0.15, -0.1) is 0 Å². The van der Waals surface area contributed by atoms with Crippen molar-refractivity contribution in [2.45, 2.75) is 6.92 Å². The Labute approximate surface area is 127 Å². The van der Waals surface area contributed by atoms with Gasteiger partial charge in [0.2, 0.25) is 0 Å². The van der Waals surface area contributed by atoms with E-state index in [9.17, 15) is 4.79 Å². The molecule has 0 atom stereocenters. The van der Waals surface area contributed by atoms with Crippen molar-refractivity contribution in [3.63, 3.8) is 0 Å². The van der Waals surface area contributed by atoms with Crippen molar-refractivity contribution >= 4 is 22.6 Å². The number of hydrogen-bond donors (Lipinski definition) is 1. The van der Waals surface area contributed by atoms with Crippen LogP contribution in [0.15, 0.2) is 42.5 Å². The minimum Gasteiger partial charge on any atom is -0.342 e. The summed E-state index contributed by atoms with van der Waals surface area (Å²) < 4.78 is 0. The lowest BCUT2D eigenvalue weighted by molar-refractivity contribution is 0.0993. The Morgan fingerprint density at radius 1 is 1.27 bits per heavy atom. The molecule has 1 amide bonds. The second-order valence-electron chi connectivity index (χ2n) is 5.08. The van der Waals surface area contributed by atoms with Crippen LogP contribution in [0.25, 0.3) is 11.0 Å². The van der Waals surface area contributed by atoms with E-state index < -0.39 is 0 Å². The summed E-state index contributed by atoms with van der Waals surface area (Å²) in [5.74, 6) is 0.676. The standard InChI is InChI=1S/C17H14N4O/c1-11-19-15-7-6-14(9-16(15)20-11)21(2)17(22)13-5-3-4-12(8-13)10-18/h3-9H,1-2H3,(H,19,20). The number of carbonyl (C=O) groups excluding carboxylic acids is 1. The number of nitrogens with one attached hydrogen (secondary N) is 1. The number of nitrogens with zero attached hydrogens (tertiary/aromatic N) is 3. The van der Waals surface area contributed by atoms with E-state index in [4.69, 9.17) is 5.26 Å². The van der Waals surface area contributed by atoms with E-state index in [1.807, 2.05) is 31.2 Å². The van der Waals surface area contributed by atoms with Gasteiger partial charge in [0, 0.05) is 18.3 Å². The molecule has 108 valence electrons. The van der Waals surface area contributed by atoms with Crippen molar-refractivity contribution in [3.05, 3.63) is 59.4 Å². The van der Waals surface area contributed by atoms with E-state index >= 15 is 0 Å². The molecule has 0 radical (unpaired) electrons. The average Bonchev–Trinajstić information content (AvgIpc) is 2.92. The predicted molar refractivity (Wildman–Crippen MR) is 84.7 cm³/mol. The Morgan fingerprint density at radius 3 is 2.86 bits per heavy atom. The summed E-state index contributed by atoms with van der Waals surface area (Å²) in [7, 11) is 1.71. The van der Waals surface area contributed by atoms with Gasteiger partial charge in [0.05, 0.1) is 22.7 Å². The highest BCUT2D eigenvalue weighted by molar-refractivity contribution is 6.06. The molecule has 0 aliphatic heterocycles. The third-order valence-corrected chi connectivity index (χ3v) is 3.51. The average molecular weight is 290 g/mol. The van der Waals surface area contributed by atoms with E-state index in [1.54, 1.807) is 36.2 Å². The Bertz CT molecular complexity index is 904. The maximum Gasteiger partial charge on any atom is 0.258 e. The highest BCUT2D eigenvalue weighted by atomic mass is 16.2. The van der Waals surface area contributed by atoms with Gasteiger partial charge in [0.15, 0.2) is 0 Å². The van der Waals surface area contributed by atoms with Crippen LogP contribution in [0, 0.1) is 18.3 Å². The van der Waals surface area contributed by atoms with Crippen LogP contribution in [0.2, 0.25) is 0 Å². The number of hydrogen-bond acceptors (Lipinski definition) is 3. The molecule has 5 heteroatoms. The number of carbonyl (C=O) groups is 1. The number of aromatic amines is 1. The molecule has 0 fully saturated rings. The summed E-state index contributed by atoms with van der Waals surface area (Å²) >= 11 is 0. The summed E-state index contributed by atoms with van der Waals surface area (Å²) in [5.41, 5.74) is 3.49. The number of aryl methyl sites for hydroxylation is 1. The number of benzene rings is 2. The molecule has 0 aliphatic carbocycles. The number of fused-ring (bicyclic) bond motifs is 1. The highest BCUT2D eigenvalue weighted by Crippen LogP contribution is 2.21. The normalized spacial score (nSPS) is 10.4. The smallest absolute Gasteiger partial charge is 0.258 e. The van der Waals surface area contributed by atoms with E-state index in [0.717, 1.165) is 22.5 Å². The second kappa shape index (κ2) is 5.34. The third-order valence-electron chi connectivity index (χ3n) is 3.51. The lowest BCUT2D eigenvalue weighted by atomic mass is 10.1. The fourth-order valence-corrected chi connectivity index (χ4v) is 2.37. The van der Waals surface area contributed by atoms with Crippen LogP contribution in [0.1, 0.15) is 21.7 Å². The topological polar surface area (TPSA) is 72.8 Å². The molecule has 22 heavy (non-hydrogen) atoms. The first kappa shape index (κ1) is 13.8. The van der Waals surface area contributed by atoms with E-state index in [1.165, 1.54) is 0 Å². The molecule has 0 bridgehead atoms. The first-order chi connectivity index (χ1) is 10.6. The molecule has 3 aromatic rings. The molecule has 1 heterocycles. The van der Waals surface area contributed by atoms with E-state index in [-0.39, 0.29) is 5.91 Å². The van der Waals surface area contributed by atoms with Crippen LogP contribution >= 0.6 is 0 Å². The molecule has 0 spiro atoms. The first-order valence-electron chi connectivity index (χ1n) is 6.83. The lowest BCUT2D eigenvalue weighted by Gasteiger charge is -2.17. The molecule has 1 N–H and O–H groups in total. The van der Waals surface area contributed by atoms with Gasteiger partial charge in [-0.2, -0.15) is 5.26 Å². The van der Waals surface area contributed by atoms with Crippen molar-refractivity contribution in [3.8, 4) is 6.07 Å². The summed E-state index contributed by atoms with van der Waals surface area (Å²) in [4.78, 5) is 21.6. The molecule has 0 saturated heterocycles. The maximum absolute atomic E-state index is 12.5. The fraction of sp³-hybridized carbons (Fsp3) is 0.118. The van der Waals surface area contributed by atoms with Crippen molar-refractivity contribution in [2.75, 3.05) is 11.9 Å². The van der Waals surface area contributed by atoms with Crippen LogP contribution in [0.4, 0.5) is 5.69 Å². The Hall–Kier alpha value is -3.13. The summed E-state index contributed by atoms with van der Waals surface area (Å²) in [5, 5.41) is 8.93. The number of H-pyrrole nitrogens is 1. The number of aromatic nitrogens is 2. The van der Waals surface area contributed by atoms with Crippen molar-refractivity contribution in [1.82, 2.24) is 9.97 Å². The summed E-state index contributed by atoms with van der Waals surface area (Å²) in [6, 6.07) is 14.4. The lowest BCUT2D eigenvalue weighted by Crippen LogP contribution is -2.26. The number of imidazole rings is 1. The molecule has 3 rings (SSSR count). The zero-order valence-electron chi connectivity index (χ0n) is 12.3. The zero-order chi connectivity index (χ0) is 15.7. The molecule has 0 unspecified atom stereocenters. The molecular weight excluding hydrogens is 276 g/mol. The van der Waals surface area contributed by atoms with Crippen molar-refractivity contribution in [2.24, 2.45) is 0 Å². The number of anilines is 1. The van der Waals surface area contributed by atoms with Gasteiger partial charge in [-0.25, -0.2) is 4.98 Å². The monoisotopic (exact) mass is 290 g/mol. The maximum atomic E-state index is 12.5. The van der Waals surface area contributed by atoms with Crippen molar-refractivity contribution < 1.29 is 4.79 Å². The van der Waals surface area contributed by atoms with E-state index in [0.29, 0.717) is 11.1 Å². The Balaban J connectivity index is 1.95. The highest BCUT2D eigenvalue weighted by Gasteiger charge is 2.14. The second-order valence-corrected chi connectivity index (χ2v) is 5.08. The minimum absolute atomic E-state index is 0.160. The van der Waals surface area contributed by atoms with Gasteiger partial charge in [-0.3, -0.25) is 4.79 Å². The summed E-state index contributed by atoms with van der Waals surface area (Å²) in [6.07, 6.45) is 0. The van der Waals surface area contributed by atoms with Crippen LogP contribution < -0.4 is 4.90 Å². The Kier molecular flexibility index (Phi) is 3.36. The summed E-state index contributed by atoms with van der Waals surface area (Å²) in [6.45, 7) is 1.89. The van der Waals surface area contributed by atoms with Gasteiger partial charge in [0.25, 0.3) is 5.91 Å². The molecule has 0 aliphatic rings. The van der Waals surface area contributed by atoms with Crippen LogP contribution in [0.5, 0.6) is 0 Å². The fourth-order valence-electron chi connectivity index (χ4n) is 2.37. The minimum atomic E-state index is -0.160. The van der Waals surface area contributed by atoms with Crippen molar-refractivity contribution in [1.29, 1.82) is 5.26 Å². The SMILES string of the molecule is Cc1nc2ccc(N(C)C(=O)c3cccc(C#N)c3)cc2[nH]1. The Morgan fingerprint density at radius 2 is 2.09 bits per heavy atom. The van der Waals surface area contributed by atoms with Gasteiger partial charge >= 0.3 is 0 Å². The van der Waals surface area contributed by atoms with Crippen LogP contribution in [0.3, 0.4) is 0 Å². The van der Waals surface area contributed by atoms with E-state index in [2.05, 4.69) is 9.97 Å². The molecule has 5 nitrogen and oxygen atoms in total. The molecule has 0 saturated carbocycles. The van der Waals surface area contributed by atoms with Gasteiger partial charge in [-0.05, 0) is 43.3 Å². The molecule has 1 aromatic heterocycles. The third kappa shape index (κ3) is 2.42. The van der Waals surface area contributed by atoms with Gasteiger partial charge in [-0.1, -0.05) is 6.07 Å². The number of rotatable bonds is 2. The van der Waals surface area contributed by atoms with Crippen LogP contribution in [-0.2, 0) is 0 Å². The quantitative estimate of drug-likeness (QED) is 0.788. The van der Waals surface area contributed by atoms with Gasteiger partial charge < -0.3 is 9.88 Å². The number of amides is 1. The van der Waals surface area contributed by atoms with Gasteiger partial charge in [0.1, 0.15) is 5.82 Å². The van der Waals surface area contributed by atoms with Crippen LogP contribution in [-0.4, -0.2) is 22.9 Å². The number of nitriles is 1. The zero-order valence-corrected chi connectivity index (χ0v) is 12.3. The largest absolute Gasteiger partial charge is 0.342 e. The first-order valence-corrected chi connectivity index (χ1v) is 6.83.